The van der Waals surface area contributed by atoms with Crippen LogP contribution in [0.5, 0.6) is 0 Å². The second-order valence-electron chi connectivity index (χ2n) is 4.02. The number of hydrogen-bond donors (Lipinski definition) is 1. The predicted octanol–water partition coefficient (Wildman–Crippen LogP) is 5.31. The van der Waals surface area contributed by atoms with Crippen LogP contribution >= 0.6 is 23.2 Å². The minimum Gasteiger partial charge on any atom is -0.378 e. The summed E-state index contributed by atoms with van der Waals surface area (Å²) in [6.07, 6.45) is 0. The van der Waals surface area contributed by atoms with Crippen molar-refractivity contribution in [1.29, 1.82) is 0 Å². The topological polar surface area (TPSA) is 12.0 Å². The largest absolute Gasteiger partial charge is 0.378 e. The zero-order valence-electron chi connectivity index (χ0n) is 9.75. The highest BCUT2D eigenvalue weighted by Crippen LogP contribution is 2.31. The van der Waals surface area contributed by atoms with Gasteiger partial charge in [-0.25, -0.2) is 4.39 Å². The quantitative estimate of drug-likeness (QED) is 0.805. The molecule has 0 spiro atoms. The summed E-state index contributed by atoms with van der Waals surface area (Å²) in [5.41, 5.74) is 1.59. The van der Waals surface area contributed by atoms with Crippen LogP contribution in [0.25, 0.3) is 0 Å². The molecule has 1 N–H and O–H groups in total. The summed E-state index contributed by atoms with van der Waals surface area (Å²) in [7, 11) is 0. The number of rotatable bonds is 3. The number of nitrogens with one attached hydrogen (secondary N) is 1. The first-order valence-electron chi connectivity index (χ1n) is 5.54. The molecule has 0 aliphatic heterocycles. The molecule has 0 bridgehead atoms. The maximum absolute atomic E-state index is 13.1. The number of benzene rings is 2. The van der Waals surface area contributed by atoms with E-state index < -0.39 is 0 Å². The van der Waals surface area contributed by atoms with Crippen LogP contribution in [0.2, 0.25) is 10.0 Å². The van der Waals surface area contributed by atoms with Gasteiger partial charge in [-0.15, -0.1) is 0 Å². The molecule has 0 aliphatic rings. The molecule has 2 aromatic carbocycles. The SMILES string of the molecule is CC(Nc1cccc(F)c1)c1cccc(Cl)c1Cl. The Bertz CT molecular complexity index is 557. The lowest BCUT2D eigenvalue weighted by atomic mass is 10.1. The normalized spacial score (nSPS) is 12.2. The third-order valence-corrected chi connectivity index (χ3v) is 3.49. The molecule has 0 aliphatic carbocycles. The van der Waals surface area contributed by atoms with E-state index in [9.17, 15) is 4.39 Å². The molecule has 2 rings (SSSR count). The van der Waals surface area contributed by atoms with Crippen molar-refractivity contribution in [2.75, 3.05) is 5.32 Å². The van der Waals surface area contributed by atoms with Crippen molar-refractivity contribution in [1.82, 2.24) is 0 Å². The van der Waals surface area contributed by atoms with E-state index in [2.05, 4.69) is 5.32 Å². The molecule has 0 amide bonds. The van der Waals surface area contributed by atoms with E-state index in [0.717, 1.165) is 5.56 Å². The lowest BCUT2D eigenvalue weighted by molar-refractivity contribution is 0.628. The van der Waals surface area contributed by atoms with E-state index in [1.807, 2.05) is 19.1 Å². The second-order valence-corrected chi connectivity index (χ2v) is 4.80. The number of hydrogen-bond acceptors (Lipinski definition) is 1. The van der Waals surface area contributed by atoms with Crippen LogP contribution in [-0.4, -0.2) is 0 Å². The molecule has 2 aromatic rings. The molecule has 94 valence electrons. The Hall–Kier alpha value is -1.25. The molecule has 18 heavy (non-hydrogen) atoms. The van der Waals surface area contributed by atoms with Gasteiger partial charge in [0, 0.05) is 5.69 Å². The van der Waals surface area contributed by atoms with E-state index >= 15 is 0 Å². The van der Waals surface area contributed by atoms with Crippen molar-refractivity contribution in [3.05, 3.63) is 63.9 Å². The fourth-order valence-electron chi connectivity index (χ4n) is 1.76. The first kappa shape index (κ1) is 13.2. The van der Waals surface area contributed by atoms with Gasteiger partial charge in [0.05, 0.1) is 16.1 Å². The third-order valence-electron chi connectivity index (χ3n) is 2.66. The van der Waals surface area contributed by atoms with Gasteiger partial charge in [0.15, 0.2) is 0 Å². The lowest BCUT2D eigenvalue weighted by Gasteiger charge is -2.17. The van der Waals surface area contributed by atoms with Gasteiger partial charge in [-0.1, -0.05) is 41.4 Å². The van der Waals surface area contributed by atoms with Crippen LogP contribution in [0.15, 0.2) is 42.5 Å². The molecule has 0 saturated carbocycles. The summed E-state index contributed by atoms with van der Waals surface area (Å²) in [6, 6.07) is 11.7. The van der Waals surface area contributed by atoms with Gasteiger partial charge in [-0.05, 0) is 36.8 Å². The summed E-state index contributed by atoms with van der Waals surface area (Å²) in [5, 5.41) is 4.22. The summed E-state index contributed by atoms with van der Waals surface area (Å²) in [5.74, 6) is -0.274. The van der Waals surface area contributed by atoms with Crippen LogP contribution in [-0.2, 0) is 0 Å². The number of anilines is 1. The molecule has 0 radical (unpaired) electrons. The van der Waals surface area contributed by atoms with Crippen molar-refractivity contribution < 1.29 is 4.39 Å². The first-order valence-corrected chi connectivity index (χ1v) is 6.29. The Balaban J connectivity index is 2.22. The lowest BCUT2D eigenvalue weighted by Crippen LogP contribution is -2.07. The highest BCUT2D eigenvalue weighted by atomic mass is 35.5. The molecule has 0 heterocycles. The average Bonchev–Trinajstić information content (AvgIpc) is 2.32. The average molecular weight is 284 g/mol. The predicted molar refractivity (Wildman–Crippen MR) is 74.9 cm³/mol. The van der Waals surface area contributed by atoms with Crippen molar-refractivity contribution in [2.24, 2.45) is 0 Å². The zero-order chi connectivity index (χ0) is 13.1. The zero-order valence-corrected chi connectivity index (χ0v) is 11.3. The summed E-state index contributed by atoms with van der Waals surface area (Å²) in [4.78, 5) is 0. The molecule has 1 nitrogen and oxygen atoms in total. The Kier molecular flexibility index (Phi) is 4.10. The van der Waals surface area contributed by atoms with Crippen LogP contribution in [0.1, 0.15) is 18.5 Å². The van der Waals surface area contributed by atoms with Crippen molar-refractivity contribution in [3.8, 4) is 0 Å². The first-order chi connectivity index (χ1) is 8.58. The minimum atomic E-state index is -0.274. The van der Waals surface area contributed by atoms with Crippen molar-refractivity contribution in [2.45, 2.75) is 13.0 Å². The fraction of sp³-hybridized carbons (Fsp3) is 0.143. The molecule has 0 aromatic heterocycles. The maximum atomic E-state index is 13.1. The smallest absolute Gasteiger partial charge is 0.125 e. The second kappa shape index (κ2) is 5.59. The Morgan fingerprint density at radius 2 is 1.83 bits per heavy atom. The van der Waals surface area contributed by atoms with Gasteiger partial charge in [0.2, 0.25) is 0 Å². The summed E-state index contributed by atoms with van der Waals surface area (Å²) in [6.45, 7) is 1.95. The molecular weight excluding hydrogens is 272 g/mol. The highest BCUT2D eigenvalue weighted by Gasteiger charge is 2.11. The van der Waals surface area contributed by atoms with E-state index in [1.54, 1.807) is 18.2 Å². The number of halogens is 3. The van der Waals surface area contributed by atoms with Crippen molar-refractivity contribution >= 4 is 28.9 Å². The van der Waals surface area contributed by atoms with Crippen LogP contribution < -0.4 is 5.32 Å². The monoisotopic (exact) mass is 283 g/mol. The molecule has 1 atom stereocenters. The van der Waals surface area contributed by atoms with E-state index in [-0.39, 0.29) is 11.9 Å². The van der Waals surface area contributed by atoms with Crippen molar-refractivity contribution in [3.63, 3.8) is 0 Å². The minimum absolute atomic E-state index is 0.0574. The van der Waals surface area contributed by atoms with Gasteiger partial charge >= 0.3 is 0 Å². The van der Waals surface area contributed by atoms with Crippen LogP contribution in [0.3, 0.4) is 0 Å². The van der Waals surface area contributed by atoms with Gasteiger partial charge in [-0.3, -0.25) is 0 Å². The van der Waals surface area contributed by atoms with E-state index in [4.69, 9.17) is 23.2 Å². The van der Waals surface area contributed by atoms with Crippen LogP contribution in [0, 0.1) is 5.82 Å². The van der Waals surface area contributed by atoms with E-state index in [0.29, 0.717) is 15.7 Å². The fourth-order valence-corrected chi connectivity index (χ4v) is 2.23. The van der Waals surface area contributed by atoms with Gasteiger partial charge in [0.25, 0.3) is 0 Å². The third kappa shape index (κ3) is 2.95. The molecular formula is C14H12Cl2FN. The van der Waals surface area contributed by atoms with Gasteiger partial charge in [-0.2, -0.15) is 0 Å². The van der Waals surface area contributed by atoms with E-state index in [1.165, 1.54) is 12.1 Å². The molecule has 4 heteroatoms. The highest BCUT2D eigenvalue weighted by molar-refractivity contribution is 6.42. The van der Waals surface area contributed by atoms with Crippen LogP contribution in [0.4, 0.5) is 10.1 Å². The van der Waals surface area contributed by atoms with Gasteiger partial charge < -0.3 is 5.32 Å². The molecule has 0 fully saturated rings. The summed E-state index contributed by atoms with van der Waals surface area (Å²) < 4.78 is 13.1. The standard InChI is InChI=1S/C14H12Cl2FN/c1-9(12-6-3-7-13(15)14(12)16)18-11-5-2-4-10(17)8-11/h2-9,18H,1H3. The Morgan fingerprint density at radius 3 is 2.56 bits per heavy atom. The molecule has 0 saturated heterocycles. The van der Waals surface area contributed by atoms with Gasteiger partial charge in [0.1, 0.15) is 5.82 Å². The molecule has 1 unspecified atom stereocenters. The summed E-state index contributed by atoms with van der Waals surface area (Å²) >= 11 is 12.1. The Morgan fingerprint density at radius 1 is 1.11 bits per heavy atom. The maximum Gasteiger partial charge on any atom is 0.125 e. The Labute approximate surface area is 116 Å².